The van der Waals surface area contributed by atoms with Crippen LogP contribution in [0.4, 0.5) is 5.13 Å². The molecule has 0 radical (unpaired) electrons. The summed E-state index contributed by atoms with van der Waals surface area (Å²) in [6.45, 7) is 0. The van der Waals surface area contributed by atoms with Crippen molar-refractivity contribution >= 4 is 43.6 Å². The standard InChI is InChI=1S/C18H12N2O4S/c1-23-10-6-7-11-12(9-16(21)24-14(11)8-10)17(22)20-18-19-13-4-2-3-5-15(13)25-18/h2-9H,1H3,(H,19,20,22). The fourth-order valence-corrected chi connectivity index (χ4v) is 3.41. The first-order chi connectivity index (χ1) is 12.1. The molecule has 0 aliphatic heterocycles. The zero-order chi connectivity index (χ0) is 17.4. The molecule has 7 heteroatoms. The van der Waals surface area contributed by atoms with Crippen molar-refractivity contribution < 1.29 is 13.9 Å². The van der Waals surface area contributed by atoms with E-state index in [1.807, 2.05) is 24.3 Å². The Morgan fingerprint density at radius 2 is 2.04 bits per heavy atom. The van der Waals surface area contributed by atoms with Gasteiger partial charge >= 0.3 is 5.63 Å². The lowest BCUT2D eigenvalue weighted by molar-refractivity contribution is 0.102. The van der Waals surface area contributed by atoms with E-state index in [1.54, 1.807) is 18.2 Å². The number of aromatic nitrogens is 1. The van der Waals surface area contributed by atoms with Gasteiger partial charge in [0, 0.05) is 17.5 Å². The third-order valence-corrected chi connectivity index (χ3v) is 4.66. The summed E-state index contributed by atoms with van der Waals surface area (Å²) in [6, 6.07) is 13.7. The van der Waals surface area contributed by atoms with Crippen LogP contribution in [0.3, 0.4) is 0 Å². The molecule has 4 rings (SSSR count). The topological polar surface area (TPSA) is 81.4 Å². The lowest BCUT2D eigenvalue weighted by Gasteiger charge is -2.06. The minimum atomic E-state index is -0.602. The van der Waals surface area contributed by atoms with Gasteiger partial charge in [-0.1, -0.05) is 23.5 Å². The summed E-state index contributed by atoms with van der Waals surface area (Å²) in [7, 11) is 1.52. The maximum Gasteiger partial charge on any atom is 0.337 e. The number of carbonyl (C=O) groups excluding carboxylic acids is 1. The molecule has 1 amide bonds. The molecule has 0 spiro atoms. The van der Waals surface area contributed by atoms with E-state index in [9.17, 15) is 9.59 Å². The summed E-state index contributed by atoms with van der Waals surface area (Å²) >= 11 is 1.37. The van der Waals surface area contributed by atoms with Crippen molar-refractivity contribution in [1.82, 2.24) is 4.98 Å². The molecule has 2 aromatic heterocycles. The summed E-state index contributed by atoms with van der Waals surface area (Å²) in [5.74, 6) is 0.126. The van der Waals surface area contributed by atoms with Crippen LogP contribution in [0.5, 0.6) is 5.75 Å². The minimum absolute atomic E-state index is 0.230. The maximum absolute atomic E-state index is 12.7. The molecule has 0 atom stereocenters. The largest absolute Gasteiger partial charge is 0.497 e. The van der Waals surface area contributed by atoms with Gasteiger partial charge in [-0.15, -0.1) is 0 Å². The van der Waals surface area contributed by atoms with Crippen LogP contribution in [0.2, 0.25) is 0 Å². The van der Waals surface area contributed by atoms with Crippen molar-refractivity contribution in [2.75, 3.05) is 12.4 Å². The molecule has 2 heterocycles. The molecule has 2 aromatic carbocycles. The Kier molecular flexibility index (Phi) is 3.70. The van der Waals surface area contributed by atoms with Gasteiger partial charge in [-0.25, -0.2) is 9.78 Å². The van der Waals surface area contributed by atoms with Crippen LogP contribution in [0, 0.1) is 0 Å². The van der Waals surface area contributed by atoms with Crippen LogP contribution in [-0.2, 0) is 0 Å². The van der Waals surface area contributed by atoms with Gasteiger partial charge in [-0.2, -0.15) is 0 Å². The van der Waals surface area contributed by atoms with Crippen molar-refractivity contribution in [1.29, 1.82) is 0 Å². The van der Waals surface area contributed by atoms with Gasteiger partial charge in [0.1, 0.15) is 11.3 Å². The molecular weight excluding hydrogens is 340 g/mol. The Morgan fingerprint density at radius 1 is 1.20 bits per heavy atom. The number of thiazole rings is 1. The predicted octanol–water partition coefficient (Wildman–Crippen LogP) is 3.66. The predicted molar refractivity (Wildman–Crippen MR) is 96.6 cm³/mol. The number of benzene rings is 2. The SMILES string of the molecule is COc1ccc2c(C(=O)Nc3nc4ccccc4s3)cc(=O)oc2c1. The second-order valence-electron chi connectivity index (χ2n) is 5.28. The molecule has 4 aromatic rings. The van der Waals surface area contributed by atoms with E-state index >= 15 is 0 Å². The Hall–Kier alpha value is -3.19. The molecule has 25 heavy (non-hydrogen) atoms. The first-order valence-electron chi connectivity index (χ1n) is 7.43. The van der Waals surface area contributed by atoms with Gasteiger partial charge in [0.25, 0.3) is 5.91 Å². The van der Waals surface area contributed by atoms with Crippen LogP contribution < -0.4 is 15.7 Å². The van der Waals surface area contributed by atoms with Crippen LogP contribution in [-0.4, -0.2) is 18.0 Å². The Labute approximate surface area is 145 Å². The van der Waals surface area contributed by atoms with Crippen molar-refractivity contribution in [2.45, 2.75) is 0 Å². The molecule has 0 fully saturated rings. The fraction of sp³-hybridized carbons (Fsp3) is 0.0556. The highest BCUT2D eigenvalue weighted by molar-refractivity contribution is 7.22. The summed E-state index contributed by atoms with van der Waals surface area (Å²) in [6.07, 6.45) is 0. The van der Waals surface area contributed by atoms with E-state index in [0.29, 0.717) is 21.9 Å². The molecular formula is C18H12N2O4S. The molecule has 0 saturated carbocycles. The van der Waals surface area contributed by atoms with Crippen molar-refractivity contribution in [3.8, 4) is 5.75 Å². The molecule has 0 bridgehead atoms. The lowest BCUT2D eigenvalue weighted by Crippen LogP contribution is -2.15. The van der Waals surface area contributed by atoms with E-state index in [2.05, 4.69) is 10.3 Å². The van der Waals surface area contributed by atoms with Gasteiger partial charge in [0.15, 0.2) is 5.13 Å². The summed E-state index contributed by atoms with van der Waals surface area (Å²) < 4.78 is 11.3. The van der Waals surface area contributed by atoms with E-state index in [1.165, 1.54) is 24.5 Å². The van der Waals surface area contributed by atoms with Gasteiger partial charge in [-0.05, 0) is 24.3 Å². The number of amides is 1. The smallest absolute Gasteiger partial charge is 0.337 e. The zero-order valence-corrected chi connectivity index (χ0v) is 13.9. The highest BCUT2D eigenvalue weighted by Crippen LogP contribution is 2.27. The van der Waals surface area contributed by atoms with E-state index < -0.39 is 11.5 Å². The normalized spacial score (nSPS) is 10.9. The lowest BCUT2D eigenvalue weighted by atomic mass is 10.1. The van der Waals surface area contributed by atoms with Crippen molar-refractivity contribution in [3.63, 3.8) is 0 Å². The summed E-state index contributed by atoms with van der Waals surface area (Å²) in [5.41, 5.74) is 0.731. The first-order valence-corrected chi connectivity index (χ1v) is 8.24. The van der Waals surface area contributed by atoms with E-state index in [-0.39, 0.29) is 5.56 Å². The number of nitrogens with one attached hydrogen (secondary N) is 1. The first kappa shape index (κ1) is 15.3. The van der Waals surface area contributed by atoms with Crippen LogP contribution in [0.25, 0.3) is 21.2 Å². The molecule has 124 valence electrons. The van der Waals surface area contributed by atoms with E-state index in [0.717, 1.165) is 10.2 Å². The second kappa shape index (κ2) is 6.03. The average molecular weight is 352 g/mol. The van der Waals surface area contributed by atoms with Crippen molar-refractivity contribution in [3.05, 3.63) is 64.5 Å². The summed E-state index contributed by atoms with van der Waals surface area (Å²) in [4.78, 5) is 28.8. The second-order valence-corrected chi connectivity index (χ2v) is 6.31. The Morgan fingerprint density at radius 3 is 2.84 bits per heavy atom. The van der Waals surface area contributed by atoms with Crippen LogP contribution in [0.15, 0.2) is 57.7 Å². The van der Waals surface area contributed by atoms with Gasteiger partial charge in [-0.3, -0.25) is 10.1 Å². The monoisotopic (exact) mass is 352 g/mol. The maximum atomic E-state index is 12.7. The third-order valence-electron chi connectivity index (χ3n) is 3.71. The number of rotatable bonds is 3. The molecule has 0 saturated heterocycles. The third kappa shape index (κ3) is 2.85. The zero-order valence-electron chi connectivity index (χ0n) is 13.1. The highest BCUT2D eigenvalue weighted by Gasteiger charge is 2.15. The number of carbonyl (C=O) groups is 1. The van der Waals surface area contributed by atoms with Crippen molar-refractivity contribution in [2.24, 2.45) is 0 Å². The minimum Gasteiger partial charge on any atom is -0.497 e. The van der Waals surface area contributed by atoms with Crippen LogP contribution >= 0.6 is 11.3 Å². The van der Waals surface area contributed by atoms with Crippen LogP contribution in [0.1, 0.15) is 10.4 Å². The fourth-order valence-electron chi connectivity index (χ4n) is 2.55. The van der Waals surface area contributed by atoms with Gasteiger partial charge in [0.2, 0.25) is 0 Å². The quantitative estimate of drug-likeness (QED) is 0.569. The number of para-hydroxylation sites is 1. The molecule has 6 nitrogen and oxygen atoms in total. The number of hydrogen-bond donors (Lipinski definition) is 1. The number of fused-ring (bicyclic) bond motifs is 2. The number of anilines is 1. The number of nitrogens with zero attached hydrogens (tertiary/aromatic N) is 1. The average Bonchev–Trinajstić information content (AvgIpc) is 3.02. The molecule has 1 N–H and O–H groups in total. The molecule has 0 aliphatic rings. The van der Waals surface area contributed by atoms with Gasteiger partial charge < -0.3 is 9.15 Å². The number of ether oxygens (including phenoxy) is 1. The number of hydrogen-bond acceptors (Lipinski definition) is 6. The summed E-state index contributed by atoms with van der Waals surface area (Å²) in [5, 5.41) is 3.75. The molecule has 0 aliphatic carbocycles. The Bertz CT molecular complexity index is 1130. The highest BCUT2D eigenvalue weighted by atomic mass is 32.1. The Balaban J connectivity index is 1.75. The van der Waals surface area contributed by atoms with Gasteiger partial charge in [0.05, 0.1) is 22.9 Å². The molecule has 0 unspecified atom stereocenters. The number of methoxy groups -OCH3 is 1. The van der Waals surface area contributed by atoms with E-state index in [4.69, 9.17) is 9.15 Å².